The molecule has 0 unspecified atom stereocenters. The van der Waals surface area contributed by atoms with Gasteiger partial charge in [0.15, 0.2) is 5.82 Å². The summed E-state index contributed by atoms with van der Waals surface area (Å²) in [5, 5.41) is 7.88. The summed E-state index contributed by atoms with van der Waals surface area (Å²) in [6, 6.07) is 2.97. The number of hydrogen-bond donors (Lipinski definition) is 1. The smallest absolute Gasteiger partial charge is 0.380 e. The molecule has 1 atom stereocenters. The number of fused-ring (bicyclic) bond motifs is 1. The molecule has 0 radical (unpaired) electrons. The van der Waals surface area contributed by atoms with Crippen molar-refractivity contribution in [1.29, 1.82) is 0 Å². The molecule has 1 N–H and O–H groups in total. The lowest BCUT2D eigenvalue weighted by Crippen LogP contribution is -2.48. The van der Waals surface area contributed by atoms with Gasteiger partial charge in [0.2, 0.25) is 0 Å². The maximum Gasteiger partial charge on any atom is 0.393 e. The number of halogens is 4. The van der Waals surface area contributed by atoms with E-state index in [0.717, 1.165) is 45.0 Å². The third-order valence-corrected chi connectivity index (χ3v) is 6.92. The Morgan fingerprint density at radius 2 is 1.86 bits per heavy atom. The van der Waals surface area contributed by atoms with Crippen LogP contribution in [0.15, 0.2) is 16.7 Å². The van der Waals surface area contributed by atoms with Crippen molar-refractivity contribution in [3.05, 3.63) is 34.9 Å². The number of benzene rings is 1. The lowest BCUT2D eigenvalue weighted by atomic mass is 9.98. The van der Waals surface area contributed by atoms with Gasteiger partial charge in [0.1, 0.15) is 17.2 Å². The molecule has 1 aromatic carbocycles. The quantitative estimate of drug-likeness (QED) is 0.493. The van der Waals surface area contributed by atoms with Crippen molar-refractivity contribution >= 4 is 16.7 Å². The highest BCUT2D eigenvalue weighted by molar-refractivity contribution is 5.93. The zero-order chi connectivity index (χ0) is 25.4. The van der Waals surface area contributed by atoms with E-state index >= 15 is 4.39 Å². The van der Waals surface area contributed by atoms with Gasteiger partial charge in [0.25, 0.3) is 5.89 Å². The highest BCUT2D eigenvalue weighted by Crippen LogP contribution is 2.38. The summed E-state index contributed by atoms with van der Waals surface area (Å²) in [6.07, 6.45) is -1.78. The first-order valence-electron chi connectivity index (χ1n) is 12.3. The summed E-state index contributed by atoms with van der Waals surface area (Å²) < 4.78 is 65.2. The number of anilines is 1. The zero-order valence-corrected chi connectivity index (χ0v) is 20.3. The van der Waals surface area contributed by atoms with E-state index in [1.54, 1.807) is 13.8 Å². The van der Waals surface area contributed by atoms with Crippen molar-refractivity contribution in [3.8, 4) is 11.5 Å². The van der Waals surface area contributed by atoms with Crippen LogP contribution in [0.25, 0.3) is 22.4 Å². The van der Waals surface area contributed by atoms with Crippen molar-refractivity contribution in [2.45, 2.75) is 64.2 Å². The summed E-state index contributed by atoms with van der Waals surface area (Å²) in [4.78, 5) is 11.1. The Balaban J connectivity index is 1.49. The Kier molecular flexibility index (Phi) is 6.86. The Hall–Kier alpha value is -2.79. The number of aromatic nitrogens is 3. The maximum atomic E-state index is 15.1. The maximum absolute atomic E-state index is 15.1. The Morgan fingerprint density at radius 3 is 2.50 bits per heavy atom. The first kappa shape index (κ1) is 24.9. The molecule has 2 aliphatic rings. The van der Waals surface area contributed by atoms with Crippen molar-refractivity contribution < 1.29 is 26.8 Å². The topological polar surface area (TPSA) is 76.3 Å². The van der Waals surface area contributed by atoms with E-state index in [0.29, 0.717) is 53.3 Å². The third kappa shape index (κ3) is 5.31. The first-order chi connectivity index (χ1) is 17.2. The van der Waals surface area contributed by atoms with Crippen LogP contribution in [0.3, 0.4) is 0 Å². The number of rotatable bonds is 5. The second-order valence-electron chi connectivity index (χ2n) is 9.69. The molecule has 0 bridgehead atoms. The van der Waals surface area contributed by atoms with Crippen LogP contribution in [0.1, 0.15) is 42.6 Å². The SMILES string of the molecule is Cc1noc(-c2c(N3CCC(N[C@@H]4CCCOC4)CC3)nc3c(F)cc(CC(F)(F)F)cc3c2C)n1. The number of aryl methyl sites for hydroxylation is 2. The Labute approximate surface area is 206 Å². The van der Waals surface area contributed by atoms with E-state index in [4.69, 9.17) is 9.26 Å². The van der Waals surface area contributed by atoms with Gasteiger partial charge in [0.05, 0.1) is 18.6 Å². The standard InChI is InChI=1S/C25H29F4N5O2/c1-14-19-10-16(12-25(27,28)29)11-20(26)22(19)32-23(21(14)24-30-15(2)33-36-24)34-7-5-17(6-8-34)31-18-4-3-9-35-13-18/h10-11,17-18,31H,3-9,12-13H2,1-2H3/t18-/m1/s1. The van der Waals surface area contributed by atoms with Crippen LogP contribution in [-0.4, -0.2) is 59.7 Å². The summed E-state index contributed by atoms with van der Waals surface area (Å²) in [7, 11) is 0. The molecule has 2 aliphatic heterocycles. The molecule has 2 aromatic heterocycles. The number of piperidine rings is 1. The monoisotopic (exact) mass is 507 g/mol. The van der Waals surface area contributed by atoms with Crippen molar-refractivity contribution in [3.63, 3.8) is 0 Å². The van der Waals surface area contributed by atoms with Gasteiger partial charge in [-0.15, -0.1) is 0 Å². The molecule has 2 saturated heterocycles. The summed E-state index contributed by atoms with van der Waals surface area (Å²) in [5.41, 5.74) is 0.962. The van der Waals surface area contributed by atoms with Crippen molar-refractivity contribution in [2.24, 2.45) is 0 Å². The molecular formula is C25H29F4N5O2. The van der Waals surface area contributed by atoms with Crippen LogP contribution in [-0.2, 0) is 11.2 Å². The fourth-order valence-corrected chi connectivity index (χ4v) is 5.20. The van der Waals surface area contributed by atoms with Crippen LogP contribution in [0.2, 0.25) is 0 Å². The van der Waals surface area contributed by atoms with Gasteiger partial charge >= 0.3 is 6.18 Å². The predicted molar refractivity (Wildman–Crippen MR) is 126 cm³/mol. The highest BCUT2D eigenvalue weighted by atomic mass is 19.4. The molecule has 3 aromatic rings. The molecule has 36 heavy (non-hydrogen) atoms. The average molecular weight is 508 g/mol. The van der Waals surface area contributed by atoms with E-state index in [2.05, 4.69) is 25.3 Å². The largest absolute Gasteiger partial charge is 0.393 e. The summed E-state index contributed by atoms with van der Waals surface area (Å²) >= 11 is 0. The number of ether oxygens (including phenoxy) is 1. The van der Waals surface area contributed by atoms with Crippen LogP contribution in [0.4, 0.5) is 23.4 Å². The van der Waals surface area contributed by atoms with Crippen molar-refractivity contribution in [2.75, 3.05) is 31.2 Å². The van der Waals surface area contributed by atoms with Crippen LogP contribution < -0.4 is 10.2 Å². The molecule has 11 heteroatoms. The average Bonchev–Trinajstić information content (AvgIpc) is 3.25. The fraction of sp³-hybridized carbons (Fsp3) is 0.560. The normalized spacial score (nSPS) is 19.8. The lowest BCUT2D eigenvalue weighted by Gasteiger charge is -2.36. The Morgan fingerprint density at radius 1 is 1.08 bits per heavy atom. The van der Waals surface area contributed by atoms with Gasteiger partial charge in [-0.25, -0.2) is 9.37 Å². The van der Waals surface area contributed by atoms with Gasteiger partial charge in [-0.2, -0.15) is 18.2 Å². The third-order valence-electron chi connectivity index (χ3n) is 6.92. The van der Waals surface area contributed by atoms with Gasteiger partial charge in [0, 0.05) is 37.2 Å². The Bertz CT molecular complexity index is 1230. The minimum atomic E-state index is -4.45. The highest BCUT2D eigenvalue weighted by Gasteiger charge is 2.31. The van der Waals surface area contributed by atoms with E-state index < -0.39 is 18.4 Å². The number of nitrogens with zero attached hydrogens (tertiary/aromatic N) is 4. The van der Waals surface area contributed by atoms with Crippen LogP contribution in [0, 0.1) is 19.7 Å². The fourth-order valence-electron chi connectivity index (χ4n) is 5.20. The van der Waals surface area contributed by atoms with Crippen LogP contribution >= 0.6 is 0 Å². The molecule has 194 valence electrons. The minimum Gasteiger partial charge on any atom is -0.380 e. The first-order valence-corrected chi connectivity index (χ1v) is 12.3. The van der Waals surface area contributed by atoms with E-state index in [9.17, 15) is 13.2 Å². The van der Waals surface area contributed by atoms with E-state index in [1.807, 2.05) is 0 Å². The lowest BCUT2D eigenvalue weighted by molar-refractivity contribution is -0.127. The molecule has 0 spiro atoms. The summed E-state index contributed by atoms with van der Waals surface area (Å²) in [5.74, 6) is 0.365. The second-order valence-corrected chi connectivity index (χ2v) is 9.69. The predicted octanol–water partition coefficient (Wildman–Crippen LogP) is 4.88. The van der Waals surface area contributed by atoms with Gasteiger partial charge < -0.3 is 19.5 Å². The molecule has 7 nitrogen and oxygen atoms in total. The molecule has 5 rings (SSSR count). The molecule has 0 amide bonds. The molecule has 4 heterocycles. The van der Waals surface area contributed by atoms with Crippen LogP contribution in [0.5, 0.6) is 0 Å². The molecule has 0 saturated carbocycles. The zero-order valence-electron chi connectivity index (χ0n) is 20.3. The number of hydrogen-bond acceptors (Lipinski definition) is 7. The number of alkyl halides is 3. The number of nitrogens with one attached hydrogen (secondary N) is 1. The van der Waals surface area contributed by atoms with Gasteiger partial charge in [-0.1, -0.05) is 5.16 Å². The molecule has 0 aliphatic carbocycles. The van der Waals surface area contributed by atoms with Gasteiger partial charge in [-0.3, -0.25) is 0 Å². The second kappa shape index (κ2) is 9.93. The number of pyridine rings is 1. The summed E-state index contributed by atoms with van der Waals surface area (Å²) in [6.45, 7) is 6.31. The minimum absolute atomic E-state index is 0.0352. The molecule has 2 fully saturated rings. The molecular weight excluding hydrogens is 478 g/mol. The van der Waals surface area contributed by atoms with E-state index in [-0.39, 0.29) is 17.0 Å². The van der Waals surface area contributed by atoms with E-state index in [1.165, 1.54) is 6.07 Å². The van der Waals surface area contributed by atoms with Crippen molar-refractivity contribution in [1.82, 2.24) is 20.4 Å². The van der Waals surface area contributed by atoms with Gasteiger partial charge in [-0.05, 0) is 62.8 Å².